The zero-order valence-electron chi connectivity index (χ0n) is 19.0. The van der Waals surface area contributed by atoms with Crippen molar-refractivity contribution in [2.75, 3.05) is 31.6 Å². The Morgan fingerprint density at radius 3 is 2.82 bits per heavy atom. The van der Waals surface area contributed by atoms with Gasteiger partial charge in [-0.3, -0.25) is 9.89 Å². The largest absolute Gasteiger partial charge is 0.379 e. The average Bonchev–Trinajstić information content (AvgIpc) is 3.22. The number of hydrogen-bond donors (Lipinski definition) is 1. The number of fused-ring (bicyclic) bond motifs is 1. The topological polar surface area (TPSA) is 84.9 Å². The summed E-state index contributed by atoms with van der Waals surface area (Å²) in [5.74, 6) is 0.655. The summed E-state index contributed by atoms with van der Waals surface area (Å²) >= 11 is 0. The number of rotatable bonds is 5. The fourth-order valence-electron chi connectivity index (χ4n) is 4.21. The number of dihydropyridines is 1. The maximum Gasteiger partial charge on any atom is 0.175 e. The summed E-state index contributed by atoms with van der Waals surface area (Å²) in [6.45, 7) is 7.14. The van der Waals surface area contributed by atoms with Crippen molar-refractivity contribution in [1.82, 2.24) is 24.0 Å². The summed E-state index contributed by atoms with van der Waals surface area (Å²) in [6.07, 6.45) is 10.4. The lowest BCUT2D eigenvalue weighted by Crippen LogP contribution is -2.43. The van der Waals surface area contributed by atoms with E-state index in [0.29, 0.717) is 11.3 Å². The maximum atomic E-state index is 5.46. The molecule has 0 amide bonds. The highest BCUT2D eigenvalue weighted by Gasteiger charge is 2.21. The molecule has 1 saturated heterocycles. The molecule has 1 aromatic carbocycles. The van der Waals surface area contributed by atoms with E-state index in [-0.39, 0.29) is 6.17 Å². The molecular formula is C24H28N8O. The van der Waals surface area contributed by atoms with Gasteiger partial charge in [-0.25, -0.2) is 15.0 Å². The first kappa shape index (κ1) is 21.3. The van der Waals surface area contributed by atoms with Gasteiger partial charge in [-0.2, -0.15) is 0 Å². The summed E-state index contributed by atoms with van der Waals surface area (Å²) < 4.78 is 9.42. The monoisotopic (exact) mass is 444 g/mol. The van der Waals surface area contributed by atoms with Crippen LogP contribution in [0.4, 0.5) is 5.82 Å². The van der Waals surface area contributed by atoms with Crippen molar-refractivity contribution in [1.29, 1.82) is 0 Å². The van der Waals surface area contributed by atoms with Crippen LogP contribution in [0.2, 0.25) is 0 Å². The molecule has 1 unspecified atom stereocenters. The molecule has 1 N–H and O–H groups in total. The molecule has 5 rings (SSSR count). The zero-order chi connectivity index (χ0) is 22.8. The van der Waals surface area contributed by atoms with Crippen LogP contribution < -0.4 is 10.8 Å². The first-order valence-corrected chi connectivity index (χ1v) is 11.1. The molecule has 9 heteroatoms. The molecule has 9 nitrogen and oxygen atoms in total. The van der Waals surface area contributed by atoms with E-state index in [4.69, 9.17) is 14.7 Å². The first-order chi connectivity index (χ1) is 16.1. The number of imidazole rings is 1. The molecule has 0 spiro atoms. The lowest BCUT2D eigenvalue weighted by Gasteiger charge is -2.32. The van der Waals surface area contributed by atoms with Crippen LogP contribution in [-0.2, 0) is 18.8 Å². The van der Waals surface area contributed by atoms with Crippen LogP contribution >= 0.6 is 0 Å². The van der Waals surface area contributed by atoms with Crippen LogP contribution in [0.15, 0.2) is 65.3 Å². The van der Waals surface area contributed by atoms with Gasteiger partial charge in [-0.1, -0.05) is 18.7 Å². The molecule has 0 radical (unpaired) electrons. The van der Waals surface area contributed by atoms with Crippen molar-refractivity contribution in [3.05, 3.63) is 60.8 Å². The summed E-state index contributed by atoms with van der Waals surface area (Å²) in [6, 6.07) is 6.16. The molecule has 170 valence electrons. The first-order valence-electron chi connectivity index (χ1n) is 11.1. The van der Waals surface area contributed by atoms with Crippen molar-refractivity contribution in [3.63, 3.8) is 0 Å². The lowest BCUT2D eigenvalue weighted by atomic mass is 10.1. The van der Waals surface area contributed by atoms with Crippen molar-refractivity contribution in [2.24, 2.45) is 24.1 Å². The maximum absolute atomic E-state index is 5.46. The number of benzene rings is 1. The van der Waals surface area contributed by atoms with Gasteiger partial charge in [-0.15, -0.1) is 0 Å². The minimum atomic E-state index is 0.165. The predicted molar refractivity (Wildman–Crippen MR) is 130 cm³/mol. The van der Waals surface area contributed by atoms with Crippen LogP contribution in [0, 0.1) is 0 Å². The molecule has 2 aliphatic rings. The van der Waals surface area contributed by atoms with E-state index in [1.54, 1.807) is 0 Å². The smallest absolute Gasteiger partial charge is 0.175 e. The third-order valence-electron chi connectivity index (χ3n) is 5.99. The molecule has 0 bridgehead atoms. The number of aryl methyl sites for hydroxylation is 2. The van der Waals surface area contributed by atoms with Crippen molar-refractivity contribution >= 4 is 23.1 Å². The number of nitrogens with one attached hydrogen (secondary N) is 1. The van der Waals surface area contributed by atoms with Crippen molar-refractivity contribution in [3.8, 4) is 11.3 Å². The third-order valence-corrected chi connectivity index (χ3v) is 5.99. The molecule has 33 heavy (non-hydrogen) atoms. The van der Waals surface area contributed by atoms with Gasteiger partial charge in [0.2, 0.25) is 0 Å². The molecule has 0 saturated carbocycles. The van der Waals surface area contributed by atoms with Gasteiger partial charge in [0.05, 0.1) is 42.0 Å². The Hall–Kier alpha value is -3.56. The van der Waals surface area contributed by atoms with E-state index in [9.17, 15) is 0 Å². The van der Waals surface area contributed by atoms with Crippen LogP contribution in [0.3, 0.4) is 0 Å². The second-order valence-corrected chi connectivity index (χ2v) is 8.21. The van der Waals surface area contributed by atoms with Crippen LogP contribution in [0.5, 0.6) is 0 Å². The van der Waals surface area contributed by atoms with Crippen molar-refractivity contribution in [2.45, 2.75) is 12.6 Å². The summed E-state index contributed by atoms with van der Waals surface area (Å²) in [5.41, 5.74) is 5.47. The number of anilines is 1. The van der Waals surface area contributed by atoms with E-state index < -0.39 is 0 Å². The number of hydrogen-bond acceptors (Lipinski definition) is 7. The Labute approximate surface area is 192 Å². The van der Waals surface area contributed by atoms with Crippen LogP contribution in [0.25, 0.3) is 22.3 Å². The number of aromatic nitrogens is 4. The van der Waals surface area contributed by atoms with Gasteiger partial charge in [0.25, 0.3) is 0 Å². The third kappa shape index (κ3) is 4.37. The van der Waals surface area contributed by atoms with Gasteiger partial charge in [0.1, 0.15) is 6.17 Å². The Bertz CT molecular complexity index is 1310. The van der Waals surface area contributed by atoms with Gasteiger partial charge in [0.15, 0.2) is 11.3 Å². The highest BCUT2D eigenvalue weighted by atomic mass is 16.5. The molecule has 2 aliphatic heterocycles. The fourth-order valence-corrected chi connectivity index (χ4v) is 4.21. The Morgan fingerprint density at radius 2 is 2.06 bits per heavy atom. The molecule has 3 aromatic rings. The minimum absolute atomic E-state index is 0.165. The number of nitrogens with zero attached hydrogens (tertiary/aromatic N) is 7. The standard InChI is InChI=1S/C24H28N8O/c1-4-25-24-23(28-18-6-8-22(26-14-18)32-9-11-33-12-10-32)29-20(15-30(24)2)17-5-7-19-21(13-17)31(3)16-27-19/h4-7,13-16,22H,1,8-12H2,2-3H3,(H,28,29)/b25-24-. The highest BCUT2D eigenvalue weighted by molar-refractivity contribution is 5.84. The van der Waals surface area contributed by atoms with Gasteiger partial charge in [-0.05, 0) is 12.1 Å². The second kappa shape index (κ2) is 9.13. The number of morpholine rings is 1. The molecule has 1 atom stereocenters. The number of allylic oxidation sites excluding steroid dienone is 1. The molecule has 4 heterocycles. The highest BCUT2D eigenvalue weighted by Crippen LogP contribution is 2.23. The van der Waals surface area contributed by atoms with E-state index in [1.165, 1.54) is 6.20 Å². The van der Waals surface area contributed by atoms with Gasteiger partial charge >= 0.3 is 0 Å². The molecule has 1 fully saturated rings. The van der Waals surface area contributed by atoms with Gasteiger partial charge in [0, 0.05) is 57.8 Å². The number of ether oxygens (including phenoxy) is 1. The molecule has 0 aliphatic carbocycles. The Kier molecular flexibility index (Phi) is 5.89. The summed E-state index contributed by atoms with van der Waals surface area (Å²) in [7, 11) is 3.95. The lowest BCUT2D eigenvalue weighted by molar-refractivity contribution is 0.0188. The van der Waals surface area contributed by atoms with Crippen molar-refractivity contribution < 1.29 is 4.74 Å². The Balaban J connectivity index is 1.45. The van der Waals surface area contributed by atoms with Gasteiger partial charge < -0.3 is 19.2 Å². The van der Waals surface area contributed by atoms with Crippen LogP contribution in [0.1, 0.15) is 6.42 Å². The molecular weight excluding hydrogens is 416 g/mol. The normalized spacial score (nSPS) is 19.6. The van der Waals surface area contributed by atoms with Crippen LogP contribution in [-0.4, -0.2) is 62.7 Å². The molecule has 2 aromatic heterocycles. The summed E-state index contributed by atoms with van der Waals surface area (Å²) in [5, 5.41) is 3.43. The van der Waals surface area contributed by atoms with E-state index in [0.717, 1.165) is 60.7 Å². The number of aliphatic imine (C=N–C) groups is 1. The Morgan fingerprint density at radius 1 is 1.21 bits per heavy atom. The quantitative estimate of drug-likeness (QED) is 0.654. The predicted octanol–water partition coefficient (Wildman–Crippen LogP) is 2.45. The zero-order valence-corrected chi connectivity index (χ0v) is 19.0. The van der Waals surface area contributed by atoms with E-state index >= 15 is 0 Å². The fraction of sp³-hybridized carbons (Fsp3) is 0.333. The minimum Gasteiger partial charge on any atom is -0.379 e. The average molecular weight is 445 g/mol. The summed E-state index contributed by atoms with van der Waals surface area (Å²) in [4.78, 5) is 20.9. The van der Waals surface area contributed by atoms with E-state index in [2.05, 4.69) is 38.9 Å². The van der Waals surface area contributed by atoms with E-state index in [1.807, 2.05) is 54.1 Å². The SMILES string of the molecule is C=C/N=c1/c(NC2=CCC(N3CCOCC3)N=C2)nc(-c2ccc3ncn(C)c3c2)cn1C. The second-order valence-electron chi connectivity index (χ2n) is 8.21.